The topological polar surface area (TPSA) is 38.3 Å². The van der Waals surface area contributed by atoms with Crippen molar-refractivity contribution in [2.24, 2.45) is 5.92 Å². The maximum Gasteiger partial charge on any atom is 0.326 e. The van der Waals surface area contributed by atoms with E-state index < -0.39 is 5.54 Å². The molecule has 0 bridgehead atoms. The highest BCUT2D eigenvalue weighted by atomic mass is 16.5. The van der Waals surface area contributed by atoms with Crippen molar-refractivity contribution in [2.75, 3.05) is 6.61 Å². The summed E-state index contributed by atoms with van der Waals surface area (Å²) in [6, 6.07) is 10.2. The smallest absolute Gasteiger partial charge is 0.326 e. The van der Waals surface area contributed by atoms with Gasteiger partial charge in [0.1, 0.15) is 5.54 Å². The first-order chi connectivity index (χ1) is 9.66. The summed E-state index contributed by atoms with van der Waals surface area (Å²) in [4.78, 5) is 12.4. The zero-order chi connectivity index (χ0) is 14.4. The fourth-order valence-electron chi connectivity index (χ4n) is 3.11. The van der Waals surface area contributed by atoms with Crippen LogP contribution >= 0.6 is 0 Å². The third kappa shape index (κ3) is 3.60. The molecule has 0 radical (unpaired) electrons. The van der Waals surface area contributed by atoms with Gasteiger partial charge in [0.2, 0.25) is 0 Å². The lowest BCUT2D eigenvalue weighted by molar-refractivity contribution is -0.153. The van der Waals surface area contributed by atoms with E-state index in [0.29, 0.717) is 19.1 Å². The molecular formula is C17H25NO2. The predicted octanol–water partition coefficient (Wildman–Crippen LogP) is 3.29. The molecule has 2 atom stereocenters. The van der Waals surface area contributed by atoms with Gasteiger partial charge in [-0.05, 0) is 31.2 Å². The van der Waals surface area contributed by atoms with Crippen LogP contribution in [-0.2, 0) is 16.1 Å². The average Bonchev–Trinajstić information content (AvgIpc) is 2.46. The number of benzene rings is 1. The number of carbonyl (C=O) groups excluding carboxylic acids is 1. The van der Waals surface area contributed by atoms with Crippen LogP contribution in [0.3, 0.4) is 0 Å². The summed E-state index contributed by atoms with van der Waals surface area (Å²) in [6.07, 6.45) is 4.04. The van der Waals surface area contributed by atoms with E-state index in [1.807, 2.05) is 25.1 Å². The first-order valence-corrected chi connectivity index (χ1v) is 7.62. The van der Waals surface area contributed by atoms with Crippen LogP contribution in [0.2, 0.25) is 0 Å². The van der Waals surface area contributed by atoms with Gasteiger partial charge in [0.25, 0.3) is 0 Å². The van der Waals surface area contributed by atoms with Crippen molar-refractivity contribution in [1.82, 2.24) is 5.32 Å². The normalized spacial score (nSPS) is 26.2. The molecule has 0 aromatic heterocycles. The molecule has 1 fully saturated rings. The van der Waals surface area contributed by atoms with Crippen molar-refractivity contribution in [3.8, 4) is 0 Å². The first-order valence-electron chi connectivity index (χ1n) is 7.62. The van der Waals surface area contributed by atoms with Gasteiger partial charge in [0.15, 0.2) is 0 Å². The third-order valence-corrected chi connectivity index (χ3v) is 4.14. The molecular weight excluding hydrogens is 250 g/mol. The quantitative estimate of drug-likeness (QED) is 0.838. The summed E-state index contributed by atoms with van der Waals surface area (Å²) in [5.74, 6) is 0.485. The summed E-state index contributed by atoms with van der Waals surface area (Å²) in [7, 11) is 0. The van der Waals surface area contributed by atoms with Gasteiger partial charge in [0, 0.05) is 6.54 Å². The number of hydrogen-bond donors (Lipinski definition) is 1. The van der Waals surface area contributed by atoms with Gasteiger partial charge < -0.3 is 4.74 Å². The van der Waals surface area contributed by atoms with Crippen molar-refractivity contribution in [3.05, 3.63) is 35.9 Å². The maximum absolute atomic E-state index is 12.4. The molecule has 0 spiro atoms. The van der Waals surface area contributed by atoms with Crippen molar-refractivity contribution >= 4 is 5.97 Å². The lowest BCUT2D eigenvalue weighted by Crippen LogP contribution is -2.55. The summed E-state index contributed by atoms with van der Waals surface area (Å²) < 4.78 is 5.32. The van der Waals surface area contributed by atoms with Crippen LogP contribution in [0.1, 0.15) is 45.1 Å². The number of rotatable bonds is 5. The minimum absolute atomic E-state index is 0.0810. The molecule has 1 aromatic carbocycles. The van der Waals surface area contributed by atoms with E-state index in [9.17, 15) is 4.79 Å². The molecule has 1 aliphatic carbocycles. The summed E-state index contributed by atoms with van der Waals surface area (Å²) in [5.41, 5.74) is 0.707. The Bertz CT molecular complexity index is 432. The Morgan fingerprint density at radius 2 is 2.15 bits per heavy atom. The lowest BCUT2D eigenvalue weighted by atomic mass is 9.76. The molecule has 3 nitrogen and oxygen atoms in total. The summed E-state index contributed by atoms with van der Waals surface area (Å²) in [6.45, 7) is 5.25. The molecule has 0 heterocycles. The highest BCUT2D eigenvalue weighted by Gasteiger charge is 2.42. The van der Waals surface area contributed by atoms with E-state index in [1.165, 1.54) is 12.0 Å². The predicted molar refractivity (Wildman–Crippen MR) is 80.3 cm³/mol. The van der Waals surface area contributed by atoms with Crippen molar-refractivity contribution in [3.63, 3.8) is 0 Å². The second-order valence-corrected chi connectivity index (χ2v) is 5.84. The minimum Gasteiger partial charge on any atom is -0.465 e. The minimum atomic E-state index is -0.497. The fraction of sp³-hybridized carbons (Fsp3) is 0.588. The molecule has 2 unspecified atom stereocenters. The Balaban J connectivity index is 2.08. The monoisotopic (exact) mass is 275 g/mol. The molecule has 0 amide bonds. The summed E-state index contributed by atoms with van der Waals surface area (Å²) in [5, 5.41) is 3.49. The Kier molecular flexibility index (Phi) is 5.18. The van der Waals surface area contributed by atoms with Gasteiger partial charge in [-0.25, -0.2) is 0 Å². The van der Waals surface area contributed by atoms with E-state index in [4.69, 9.17) is 4.74 Å². The number of carbonyl (C=O) groups is 1. The van der Waals surface area contributed by atoms with Crippen molar-refractivity contribution in [2.45, 2.75) is 51.6 Å². The fourth-order valence-corrected chi connectivity index (χ4v) is 3.11. The second-order valence-electron chi connectivity index (χ2n) is 5.84. The van der Waals surface area contributed by atoms with Crippen molar-refractivity contribution < 1.29 is 9.53 Å². The Hall–Kier alpha value is -1.35. The average molecular weight is 275 g/mol. The molecule has 110 valence electrons. The van der Waals surface area contributed by atoms with Gasteiger partial charge in [-0.1, -0.05) is 50.1 Å². The van der Waals surface area contributed by atoms with E-state index in [0.717, 1.165) is 19.3 Å². The van der Waals surface area contributed by atoms with Crippen molar-refractivity contribution in [1.29, 1.82) is 0 Å². The zero-order valence-corrected chi connectivity index (χ0v) is 12.5. The highest BCUT2D eigenvalue weighted by Crippen LogP contribution is 2.33. The second kappa shape index (κ2) is 6.89. The third-order valence-electron chi connectivity index (χ3n) is 4.14. The molecule has 1 aromatic rings. The molecule has 3 heteroatoms. The van der Waals surface area contributed by atoms with Gasteiger partial charge in [-0.3, -0.25) is 10.1 Å². The molecule has 2 rings (SSSR count). The van der Waals surface area contributed by atoms with Gasteiger partial charge in [-0.15, -0.1) is 0 Å². The molecule has 1 aliphatic rings. The standard InChI is InChI=1S/C17H25NO2/c1-3-20-16(19)17(11-7-8-14(2)12-17)18-13-15-9-5-4-6-10-15/h4-6,9-10,14,18H,3,7-8,11-13H2,1-2H3. The van der Waals surface area contributed by atoms with Crippen LogP contribution in [0, 0.1) is 5.92 Å². The number of ether oxygens (including phenoxy) is 1. The number of hydrogen-bond acceptors (Lipinski definition) is 3. The van der Waals surface area contributed by atoms with Crippen LogP contribution in [0.25, 0.3) is 0 Å². The molecule has 1 saturated carbocycles. The largest absolute Gasteiger partial charge is 0.465 e. The Morgan fingerprint density at radius 3 is 2.80 bits per heavy atom. The van der Waals surface area contributed by atoms with Crippen LogP contribution in [0.15, 0.2) is 30.3 Å². The van der Waals surface area contributed by atoms with Gasteiger partial charge in [0.05, 0.1) is 6.61 Å². The maximum atomic E-state index is 12.4. The van der Waals surface area contributed by atoms with E-state index >= 15 is 0 Å². The Labute approximate surface area is 121 Å². The Morgan fingerprint density at radius 1 is 1.40 bits per heavy atom. The van der Waals surface area contributed by atoms with Crippen LogP contribution in [0.4, 0.5) is 0 Å². The molecule has 0 saturated heterocycles. The molecule has 0 aliphatic heterocycles. The first kappa shape index (κ1) is 15.0. The van der Waals surface area contributed by atoms with Crippen LogP contribution in [0.5, 0.6) is 0 Å². The van der Waals surface area contributed by atoms with E-state index in [-0.39, 0.29) is 5.97 Å². The van der Waals surface area contributed by atoms with Gasteiger partial charge in [-0.2, -0.15) is 0 Å². The zero-order valence-electron chi connectivity index (χ0n) is 12.5. The SMILES string of the molecule is CCOC(=O)C1(NCc2ccccc2)CCCC(C)C1. The molecule has 1 N–H and O–H groups in total. The van der Waals surface area contributed by atoms with Crippen LogP contribution in [-0.4, -0.2) is 18.1 Å². The van der Waals surface area contributed by atoms with Gasteiger partial charge >= 0.3 is 5.97 Å². The number of esters is 1. The van der Waals surface area contributed by atoms with E-state index in [1.54, 1.807) is 0 Å². The number of nitrogens with one attached hydrogen (secondary N) is 1. The highest BCUT2D eigenvalue weighted by molar-refractivity contribution is 5.81. The lowest BCUT2D eigenvalue weighted by Gasteiger charge is -2.38. The van der Waals surface area contributed by atoms with Crippen LogP contribution < -0.4 is 5.32 Å². The molecule has 20 heavy (non-hydrogen) atoms. The van der Waals surface area contributed by atoms with E-state index in [2.05, 4.69) is 24.4 Å². The summed E-state index contributed by atoms with van der Waals surface area (Å²) >= 11 is 0.